The first kappa shape index (κ1) is 13.8. The van der Waals surface area contributed by atoms with E-state index < -0.39 is 15.8 Å². The predicted octanol–water partition coefficient (Wildman–Crippen LogP) is 0.955. The third kappa shape index (κ3) is 2.88. The average Bonchev–Trinajstić information content (AvgIpc) is 2.60. The molecule has 1 heterocycles. The van der Waals surface area contributed by atoms with Crippen LogP contribution in [-0.2, 0) is 10.0 Å². The van der Waals surface area contributed by atoms with Gasteiger partial charge in [-0.3, -0.25) is 4.31 Å². The molecule has 1 fully saturated rings. The zero-order valence-electron chi connectivity index (χ0n) is 10.4. The molecule has 0 aliphatic carbocycles. The van der Waals surface area contributed by atoms with Crippen LogP contribution in [0.3, 0.4) is 0 Å². The van der Waals surface area contributed by atoms with Crippen LogP contribution in [0.25, 0.3) is 0 Å². The van der Waals surface area contributed by atoms with Crippen LogP contribution in [0, 0.1) is 23.6 Å². The molecule has 6 heteroatoms. The highest BCUT2D eigenvalue weighted by Crippen LogP contribution is 2.29. The molecule has 1 unspecified atom stereocenters. The molecule has 1 aromatic carbocycles. The Labute approximate surface area is 111 Å². The van der Waals surface area contributed by atoms with Crippen LogP contribution in [0.4, 0.5) is 10.1 Å². The Hall–Kier alpha value is -1.58. The molecule has 19 heavy (non-hydrogen) atoms. The van der Waals surface area contributed by atoms with Crippen LogP contribution in [0.1, 0.15) is 12.5 Å². The van der Waals surface area contributed by atoms with Crippen molar-refractivity contribution in [2.24, 2.45) is 5.92 Å². The van der Waals surface area contributed by atoms with Crippen LogP contribution in [0.15, 0.2) is 18.2 Å². The van der Waals surface area contributed by atoms with Gasteiger partial charge in [0, 0.05) is 6.54 Å². The molecule has 102 valence electrons. The highest BCUT2D eigenvalue weighted by atomic mass is 32.2. The van der Waals surface area contributed by atoms with Gasteiger partial charge in [0.1, 0.15) is 12.4 Å². The molecule has 1 aliphatic heterocycles. The van der Waals surface area contributed by atoms with Gasteiger partial charge in [-0.15, -0.1) is 0 Å². The minimum absolute atomic E-state index is 0.0219. The van der Waals surface area contributed by atoms with E-state index in [1.165, 1.54) is 22.5 Å². The molecule has 0 radical (unpaired) electrons. The zero-order valence-corrected chi connectivity index (χ0v) is 11.2. The molecule has 0 aromatic heterocycles. The largest absolute Gasteiger partial charge is 0.384 e. The summed E-state index contributed by atoms with van der Waals surface area (Å²) in [4.78, 5) is 0. The number of anilines is 1. The van der Waals surface area contributed by atoms with Gasteiger partial charge in [0.25, 0.3) is 0 Å². The van der Waals surface area contributed by atoms with Crippen molar-refractivity contribution in [2.45, 2.75) is 6.92 Å². The molecule has 0 bridgehead atoms. The lowest BCUT2D eigenvalue weighted by Gasteiger charge is -2.18. The summed E-state index contributed by atoms with van der Waals surface area (Å²) in [6.45, 7) is 1.85. The standard InChI is InChI=1S/C13H14FNO3S/c1-10-8-15(19(17,18)9-10)13-5-4-12(14)7-11(13)3-2-6-16/h4-5,7,10,16H,6,8-9H2,1H3. The van der Waals surface area contributed by atoms with Crippen molar-refractivity contribution in [3.63, 3.8) is 0 Å². The Morgan fingerprint density at radius 1 is 1.53 bits per heavy atom. The van der Waals surface area contributed by atoms with Crippen molar-refractivity contribution in [1.29, 1.82) is 0 Å². The monoisotopic (exact) mass is 283 g/mol. The van der Waals surface area contributed by atoms with Crippen molar-refractivity contribution in [3.8, 4) is 11.8 Å². The van der Waals surface area contributed by atoms with E-state index >= 15 is 0 Å². The van der Waals surface area contributed by atoms with Gasteiger partial charge >= 0.3 is 0 Å². The van der Waals surface area contributed by atoms with E-state index in [-0.39, 0.29) is 23.8 Å². The Morgan fingerprint density at radius 2 is 2.26 bits per heavy atom. The van der Waals surface area contributed by atoms with Gasteiger partial charge in [0.05, 0.1) is 17.0 Å². The summed E-state index contributed by atoms with van der Waals surface area (Å²) < 4.78 is 38.5. The van der Waals surface area contributed by atoms with E-state index in [1.807, 2.05) is 6.92 Å². The van der Waals surface area contributed by atoms with Crippen LogP contribution in [0.2, 0.25) is 0 Å². The lowest BCUT2D eigenvalue weighted by atomic mass is 10.1. The van der Waals surface area contributed by atoms with Gasteiger partial charge in [-0.1, -0.05) is 18.8 Å². The fourth-order valence-electron chi connectivity index (χ4n) is 2.11. The van der Waals surface area contributed by atoms with Gasteiger partial charge < -0.3 is 5.11 Å². The third-order valence-electron chi connectivity index (χ3n) is 2.84. The van der Waals surface area contributed by atoms with Crippen LogP contribution >= 0.6 is 0 Å². The number of hydrogen-bond donors (Lipinski definition) is 1. The second kappa shape index (κ2) is 5.19. The Morgan fingerprint density at radius 3 is 2.84 bits per heavy atom. The normalized spacial score (nSPS) is 21.0. The second-order valence-corrected chi connectivity index (χ2v) is 6.47. The number of halogens is 1. The molecular weight excluding hydrogens is 269 g/mol. The highest BCUT2D eigenvalue weighted by molar-refractivity contribution is 7.93. The highest BCUT2D eigenvalue weighted by Gasteiger charge is 2.34. The van der Waals surface area contributed by atoms with Crippen molar-refractivity contribution >= 4 is 15.7 Å². The first-order valence-corrected chi connectivity index (χ1v) is 7.44. The average molecular weight is 283 g/mol. The molecular formula is C13H14FNO3S. The maximum absolute atomic E-state index is 13.2. The van der Waals surface area contributed by atoms with Gasteiger partial charge in [0.2, 0.25) is 10.0 Å². The minimum Gasteiger partial charge on any atom is -0.384 e. The van der Waals surface area contributed by atoms with Crippen molar-refractivity contribution in [1.82, 2.24) is 0 Å². The summed E-state index contributed by atoms with van der Waals surface area (Å²) in [5, 5.41) is 8.70. The van der Waals surface area contributed by atoms with Gasteiger partial charge in [-0.2, -0.15) is 0 Å². The number of rotatable bonds is 1. The maximum atomic E-state index is 13.2. The summed E-state index contributed by atoms with van der Waals surface area (Å²) in [5.74, 6) is 4.61. The lowest BCUT2D eigenvalue weighted by molar-refractivity contribution is 0.350. The summed E-state index contributed by atoms with van der Waals surface area (Å²) >= 11 is 0. The molecule has 1 aliphatic rings. The van der Waals surface area contributed by atoms with Crippen molar-refractivity contribution < 1.29 is 17.9 Å². The molecule has 1 N–H and O–H groups in total. The summed E-state index contributed by atoms with van der Waals surface area (Å²) in [6, 6.07) is 3.79. The smallest absolute Gasteiger partial charge is 0.235 e. The lowest BCUT2D eigenvalue weighted by Crippen LogP contribution is -2.26. The molecule has 0 saturated carbocycles. The van der Waals surface area contributed by atoms with Crippen molar-refractivity contribution in [2.75, 3.05) is 23.2 Å². The number of nitrogens with zero attached hydrogens (tertiary/aromatic N) is 1. The summed E-state index contributed by atoms with van der Waals surface area (Å²) in [7, 11) is -3.37. The van der Waals surface area contributed by atoms with Crippen LogP contribution < -0.4 is 4.31 Å². The van der Waals surface area contributed by atoms with Gasteiger partial charge in [-0.25, -0.2) is 12.8 Å². The van der Waals surface area contributed by atoms with Crippen LogP contribution in [0.5, 0.6) is 0 Å². The van der Waals surface area contributed by atoms with Gasteiger partial charge in [0.15, 0.2) is 0 Å². The summed E-state index contributed by atoms with van der Waals surface area (Å²) in [6.07, 6.45) is 0. The Bertz CT molecular complexity index is 646. The fraction of sp³-hybridized carbons (Fsp3) is 0.385. The topological polar surface area (TPSA) is 57.6 Å². The van der Waals surface area contributed by atoms with Crippen LogP contribution in [-0.4, -0.2) is 32.4 Å². The quantitative estimate of drug-likeness (QED) is 0.781. The number of aliphatic hydroxyl groups excluding tert-OH is 1. The van der Waals surface area contributed by atoms with E-state index in [2.05, 4.69) is 11.8 Å². The summed E-state index contributed by atoms with van der Waals surface area (Å²) in [5.41, 5.74) is 0.637. The first-order chi connectivity index (χ1) is 8.94. The molecule has 0 spiro atoms. The number of aliphatic hydroxyl groups is 1. The number of sulfonamides is 1. The molecule has 0 amide bonds. The van der Waals surface area contributed by atoms with E-state index in [4.69, 9.17) is 5.11 Å². The predicted molar refractivity (Wildman–Crippen MR) is 70.7 cm³/mol. The first-order valence-electron chi connectivity index (χ1n) is 5.84. The molecule has 2 rings (SSSR count). The maximum Gasteiger partial charge on any atom is 0.235 e. The van der Waals surface area contributed by atoms with E-state index in [9.17, 15) is 12.8 Å². The minimum atomic E-state index is -3.37. The Balaban J connectivity index is 2.51. The van der Waals surface area contributed by atoms with Gasteiger partial charge in [-0.05, 0) is 24.1 Å². The Kier molecular flexibility index (Phi) is 3.78. The number of benzene rings is 1. The second-order valence-electron chi connectivity index (χ2n) is 4.54. The van der Waals surface area contributed by atoms with E-state index in [0.717, 1.165) is 0 Å². The number of hydrogen-bond acceptors (Lipinski definition) is 3. The molecule has 1 aromatic rings. The molecule has 1 saturated heterocycles. The van der Waals surface area contributed by atoms with E-state index in [0.29, 0.717) is 12.2 Å². The van der Waals surface area contributed by atoms with E-state index in [1.54, 1.807) is 0 Å². The third-order valence-corrected chi connectivity index (χ3v) is 4.85. The molecule has 1 atom stereocenters. The fourth-order valence-corrected chi connectivity index (χ4v) is 4.05. The SMILES string of the molecule is CC1CN(c2ccc(F)cc2C#CCO)S(=O)(=O)C1. The van der Waals surface area contributed by atoms with Crippen molar-refractivity contribution in [3.05, 3.63) is 29.6 Å². The molecule has 4 nitrogen and oxygen atoms in total. The zero-order chi connectivity index (χ0) is 14.0.